The number of nitrogens with two attached hydrogens (primary N) is 1. The van der Waals surface area contributed by atoms with Crippen LogP contribution in [0, 0.1) is 0 Å². The van der Waals surface area contributed by atoms with Gasteiger partial charge in [-0.25, -0.2) is 9.98 Å². The molecule has 9 heteroatoms. The summed E-state index contributed by atoms with van der Waals surface area (Å²) in [4.78, 5) is 9.19. The molecule has 2 aliphatic heterocycles. The molecule has 2 aliphatic rings. The number of anilines is 1. The molecule has 0 radical (unpaired) electrons. The van der Waals surface area contributed by atoms with Crippen LogP contribution in [-0.4, -0.2) is 28.7 Å². The van der Waals surface area contributed by atoms with Gasteiger partial charge in [0.05, 0.1) is 34.3 Å². The van der Waals surface area contributed by atoms with Gasteiger partial charge in [0.2, 0.25) is 5.95 Å². The van der Waals surface area contributed by atoms with Crippen molar-refractivity contribution in [2.45, 2.75) is 12.6 Å². The molecule has 27 heavy (non-hydrogen) atoms. The monoisotopic (exact) mass is 403 g/mol. The molecule has 0 amide bonds. The average Bonchev–Trinajstić information content (AvgIpc) is 2.83. The lowest BCUT2D eigenvalue weighted by Crippen LogP contribution is -2.31. The second-order valence-corrected chi connectivity index (χ2v) is 7.08. The van der Waals surface area contributed by atoms with Crippen molar-refractivity contribution in [2.75, 3.05) is 18.5 Å². The summed E-state index contributed by atoms with van der Waals surface area (Å²) in [6.45, 7) is 1.22. The maximum Gasteiger partial charge on any atom is 0.212 e. The number of imidazole rings is 1. The van der Waals surface area contributed by atoms with Gasteiger partial charge >= 0.3 is 0 Å². The Morgan fingerprint density at radius 3 is 2.74 bits per heavy atom. The molecule has 2 aromatic carbocycles. The Hall–Kier alpha value is -2.64. The van der Waals surface area contributed by atoms with Gasteiger partial charge in [0.1, 0.15) is 0 Å². The summed E-state index contributed by atoms with van der Waals surface area (Å²) in [5, 5.41) is 3.90. The van der Waals surface area contributed by atoms with Crippen molar-refractivity contribution in [3.8, 4) is 11.5 Å². The number of benzene rings is 2. The lowest BCUT2D eigenvalue weighted by molar-refractivity contribution is 0.297. The molecule has 0 saturated carbocycles. The van der Waals surface area contributed by atoms with E-state index in [1.54, 1.807) is 6.07 Å². The normalized spacial score (nSPS) is 18.4. The molecular weight excluding hydrogens is 389 g/mol. The highest BCUT2D eigenvalue weighted by Crippen LogP contribution is 2.41. The van der Waals surface area contributed by atoms with Crippen molar-refractivity contribution >= 4 is 46.1 Å². The van der Waals surface area contributed by atoms with Crippen LogP contribution in [-0.2, 0) is 0 Å². The molecule has 1 aromatic heterocycles. The fourth-order valence-corrected chi connectivity index (χ4v) is 3.76. The van der Waals surface area contributed by atoms with Crippen LogP contribution in [0.25, 0.3) is 11.0 Å². The van der Waals surface area contributed by atoms with Gasteiger partial charge in [0.15, 0.2) is 23.6 Å². The summed E-state index contributed by atoms with van der Waals surface area (Å²) in [6.07, 6.45) is 0.336. The Labute approximate surface area is 164 Å². The SMILES string of the molecule is NC1=NC(c2cccc(Cl)c2Cl)n2c(nc3cc4c(cc32)OCCCO4)N1. The number of hydrogen-bond donors (Lipinski definition) is 2. The predicted molar refractivity (Wildman–Crippen MR) is 105 cm³/mol. The van der Waals surface area contributed by atoms with Crippen LogP contribution < -0.4 is 20.5 Å². The minimum absolute atomic E-state index is 0.257. The summed E-state index contributed by atoms with van der Waals surface area (Å²) in [6, 6.07) is 9.23. The van der Waals surface area contributed by atoms with Gasteiger partial charge in [-0.3, -0.25) is 9.88 Å². The van der Waals surface area contributed by atoms with Crippen LogP contribution in [0.4, 0.5) is 5.95 Å². The van der Waals surface area contributed by atoms with Gasteiger partial charge in [-0.1, -0.05) is 35.3 Å². The van der Waals surface area contributed by atoms with Gasteiger partial charge in [0, 0.05) is 24.1 Å². The summed E-state index contributed by atoms with van der Waals surface area (Å²) < 4.78 is 13.5. The topological polar surface area (TPSA) is 86.7 Å². The van der Waals surface area contributed by atoms with Crippen molar-refractivity contribution in [2.24, 2.45) is 10.7 Å². The molecule has 138 valence electrons. The Kier molecular flexibility index (Phi) is 3.80. The molecule has 1 atom stereocenters. The third-order valence-corrected chi connectivity index (χ3v) is 5.40. The van der Waals surface area contributed by atoms with Crippen LogP contribution in [0.3, 0.4) is 0 Å². The lowest BCUT2D eigenvalue weighted by Gasteiger charge is -2.24. The number of nitrogens with one attached hydrogen (secondary N) is 1. The molecule has 1 unspecified atom stereocenters. The third-order valence-electron chi connectivity index (χ3n) is 4.56. The summed E-state index contributed by atoms with van der Waals surface area (Å²) in [7, 11) is 0. The van der Waals surface area contributed by atoms with E-state index < -0.39 is 6.17 Å². The first-order chi connectivity index (χ1) is 13.1. The summed E-state index contributed by atoms with van der Waals surface area (Å²) >= 11 is 12.7. The van der Waals surface area contributed by atoms with E-state index in [2.05, 4.69) is 15.3 Å². The van der Waals surface area contributed by atoms with Crippen LogP contribution in [0.5, 0.6) is 11.5 Å². The number of aromatic nitrogens is 2. The zero-order chi connectivity index (χ0) is 18.5. The number of hydrogen-bond acceptors (Lipinski definition) is 6. The smallest absolute Gasteiger partial charge is 0.212 e. The zero-order valence-corrected chi connectivity index (χ0v) is 15.6. The summed E-state index contributed by atoms with van der Waals surface area (Å²) in [5.41, 5.74) is 8.31. The molecule has 0 spiro atoms. The van der Waals surface area contributed by atoms with Crippen molar-refractivity contribution in [1.29, 1.82) is 0 Å². The second kappa shape index (κ2) is 6.21. The highest BCUT2D eigenvalue weighted by molar-refractivity contribution is 6.42. The van der Waals surface area contributed by atoms with Crippen LogP contribution in [0.1, 0.15) is 18.2 Å². The van der Waals surface area contributed by atoms with E-state index in [0.29, 0.717) is 40.7 Å². The van der Waals surface area contributed by atoms with Gasteiger partial charge in [-0.05, 0) is 6.07 Å². The maximum atomic E-state index is 6.46. The molecule has 0 aliphatic carbocycles. The van der Waals surface area contributed by atoms with Crippen molar-refractivity contribution in [3.63, 3.8) is 0 Å². The van der Waals surface area contributed by atoms with Gasteiger partial charge in [0.25, 0.3) is 0 Å². The van der Waals surface area contributed by atoms with Crippen molar-refractivity contribution in [1.82, 2.24) is 9.55 Å². The quantitative estimate of drug-likeness (QED) is 0.645. The molecule has 3 N–H and O–H groups in total. The fraction of sp³-hybridized carbons (Fsp3) is 0.222. The number of aliphatic imine (C=N–C) groups is 1. The number of ether oxygens (including phenoxy) is 2. The van der Waals surface area contributed by atoms with Crippen LogP contribution in [0.15, 0.2) is 35.3 Å². The second-order valence-electron chi connectivity index (χ2n) is 6.30. The minimum Gasteiger partial charge on any atom is -0.489 e. The van der Waals surface area contributed by atoms with Crippen molar-refractivity contribution < 1.29 is 9.47 Å². The first-order valence-electron chi connectivity index (χ1n) is 8.47. The molecule has 7 nitrogen and oxygen atoms in total. The number of halogens is 2. The Bertz CT molecular complexity index is 1100. The van der Waals surface area contributed by atoms with Gasteiger partial charge < -0.3 is 15.2 Å². The largest absolute Gasteiger partial charge is 0.489 e. The first-order valence-corrected chi connectivity index (χ1v) is 9.23. The molecule has 0 bridgehead atoms. The van der Waals surface area contributed by atoms with E-state index >= 15 is 0 Å². The predicted octanol–water partition coefficient (Wildman–Crippen LogP) is 3.79. The van der Waals surface area contributed by atoms with Gasteiger partial charge in [-0.2, -0.15) is 0 Å². The van der Waals surface area contributed by atoms with E-state index in [1.165, 1.54) is 0 Å². The third kappa shape index (κ3) is 2.65. The standard InChI is InChI=1S/C18H15Cl2N5O2/c19-10-4-1-3-9(15(10)20)16-23-17(21)24-18-22-11-7-13-14(8-12(11)25(16)18)27-6-2-5-26-13/h1,3-4,7-8,16H,2,5-6H2,(H3,21,22,23,24). The first kappa shape index (κ1) is 16.5. The molecule has 0 saturated heterocycles. The Balaban J connectivity index is 1.74. The number of rotatable bonds is 1. The Morgan fingerprint density at radius 2 is 1.93 bits per heavy atom. The lowest BCUT2D eigenvalue weighted by atomic mass is 10.1. The van der Waals surface area contributed by atoms with Gasteiger partial charge in [-0.15, -0.1) is 0 Å². The molecular formula is C18H15Cl2N5O2. The van der Waals surface area contributed by atoms with E-state index in [4.69, 9.17) is 38.4 Å². The van der Waals surface area contributed by atoms with E-state index in [1.807, 2.05) is 28.8 Å². The van der Waals surface area contributed by atoms with Crippen LogP contribution in [0.2, 0.25) is 10.0 Å². The average molecular weight is 404 g/mol. The zero-order valence-electron chi connectivity index (χ0n) is 14.1. The summed E-state index contributed by atoms with van der Waals surface area (Å²) in [5.74, 6) is 2.19. The minimum atomic E-state index is -0.498. The van der Waals surface area contributed by atoms with E-state index in [0.717, 1.165) is 23.0 Å². The molecule has 5 rings (SSSR count). The highest BCUT2D eigenvalue weighted by atomic mass is 35.5. The maximum absolute atomic E-state index is 6.46. The molecule has 0 fully saturated rings. The molecule has 3 heterocycles. The van der Waals surface area contributed by atoms with E-state index in [-0.39, 0.29) is 5.96 Å². The van der Waals surface area contributed by atoms with Crippen LogP contribution >= 0.6 is 23.2 Å². The molecule has 3 aromatic rings. The fourth-order valence-electron chi connectivity index (χ4n) is 3.35. The highest BCUT2D eigenvalue weighted by Gasteiger charge is 2.28. The van der Waals surface area contributed by atoms with Crippen molar-refractivity contribution in [3.05, 3.63) is 45.9 Å². The number of guanidine groups is 1. The number of nitrogens with zero attached hydrogens (tertiary/aromatic N) is 3. The Morgan fingerprint density at radius 1 is 1.15 bits per heavy atom. The van der Waals surface area contributed by atoms with E-state index in [9.17, 15) is 0 Å². The number of fused-ring (bicyclic) bond motifs is 4.